The molecule has 1 N–H and O–H groups in total. The van der Waals surface area contributed by atoms with E-state index in [1.807, 2.05) is 20.8 Å². The molecule has 0 aliphatic heterocycles. The molecule has 0 heterocycles. The maximum Gasteiger partial charge on any atom is 0.261 e. The molecule has 0 fully saturated rings. The second-order valence-corrected chi connectivity index (χ2v) is 8.02. The highest BCUT2D eigenvalue weighted by molar-refractivity contribution is 6.36. The van der Waals surface area contributed by atoms with Crippen LogP contribution < -0.4 is 10.1 Å². The van der Waals surface area contributed by atoms with Gasteiger partial charge in [-0.05, 0) is 56.2 Å². The van der Waals surface area contributed by atoms with Crippen molar-refractivity contribution >= 4 is 35.0 Å². The van der Waals surface area contributed by atoms with Gasteiger partial charge in [-0.3, -0.25) is 9.59 Å². The van der Waals surface area contributed by atoms with Crippen molar-refractivity contribution in [3.8, 4) is 5.75 Å². The minimum absolute atomic E-state index is 0.0298. The average molecular weight is 469 g/mol. The van der Waals surface area contributed by atoms with Gasteiger partial charge in [0.1, 0.15) is 17.6 Å². The first-order valence-electron chi connectivity index (χ1n) is 10.2. The molecule has 0 radical (unpaired) electrons. The zero-order valence-electron chi connectivity index (χ0n) is 17.8. The minimum Gasteiger partial charge on any atom is -0.484 e. The summed E-state index contributed by atoms with van der Waals surface area (Å²) in [5.41, 5.74) is 0.552. The Bertz CT molecular complexity index is 873. The monoisotopic (exact) mass is 468 g/mol. The maximum absolute atomic E-state index is 13.1. The van der Waals surface area contributed by atoms with Gasteiger partial charge in [-0.15, -0.1) is 0 Å². The smallest absolute Gasteiger partial charge is 0.261 e. The van der Waals surface area contributed by atoms with Crippen LogP contribution in [0.4, 0.5) is 4.39 Å². The van der Waals surface area contributed by atoms with E-state index >= 15 is 0 Å². The van der Waals surface area contributed by atoms with Crippen molar-refractivity contribution in [1.29, 1.82) is 0 Å². The summed E-state index contributed by atoms with van der Waals surface area (Å²) in [4.78, 5) is 27.5. The molecule has 2 aromatic rings. The van der Waals surface area contributed by atoms with Crippen molar-refractivity contribution in [2.24, 2.45) is 0 Å². The Labute approximate surface area is 192 Å². The number of halogens is 3. The predicted octanol–water partition coefficient (Wildman–Crippen LogP) is 5.23. The van der Waals surface area contributed by atoms with Gasteiger partial charge in [0.15, 0.2) is 6.61 Å². The third-order valence-electron chi connectivity index (χ3n) is 4.95. The molecule has 168 valence electrons. The number of carbonyl (C=O) groups is 2. The van der Waals surface area contributed by atoms with Crippen LogP contribution in [0.2, 0.25) is 10.0 Å². The summed E-state index contributed by atoms with van der Waals surface area (Å²) in [6, 6.07) is 9.68. The van der Waals surface area contributed by atoms with Crippen LogP contribution in [0.25, 0.3) is 0 Å². The van der Waals surface area contributed by atoms with E-state index in [4.69, 9.17) is 27.9 Å². The predicted molar refractivity (Wildman–Crippen MR) is 121 cm³/mol. The summed E-state index contributed by atoms with van der Waals surface area (Å²) in [6.45, 7) is 5.43. The second-order valence-electron chi connectivity index (χ2n) is 7.21. The fourth-order valence-corrected chi connectivity index (χ4v) is 3.49. The standard InChI is InChI=1S/C23H27Cl2FN2O3/c1-4-15(3)27-23(30)21(5-2)28(13-18-19(24)7-6-8-20(18)25)22(29)14-31-17-11-9-16(26)10-12-17/h6-12,15,21H,4-5,13-14H2,1-3H3,(H,27,30)/t15-,21-/m1/s1. The van der Waals surface area contributed by atoms with E-state index < -0.39 is 17.8 Å². The van der Waals surface area contributed by atoms with Gasteiger partial charge in [-0.25, -0.2) is 4.39 Å². The highest BCUT2D eigenvalue weighted by Crippen LogP contribution is 2.27. The molecule has 0 saturated carbocycles. The molecule has 2 atom stereocenters. The number of rotatable bonds is 10. The molecular weight excluding hydrogens is 442 g/mol. The van der Waals surface area contributed by atoms with E-state index in [1.165, 1.54) is 29.2 Å². The number of carbonyl (C=O) groups excluding carboxylic acids is 2. The lowest BCUT2D eigenvalue weighted by Gasteiger charge is -2.31. The van der Waals surface area contributed by atoms with E-state index in [0.717, 1.165) is 6.42 Å². The normalized spacial score (nSPS) is 12.7. The third kappa shape index (κ3) is 7.11. The number of benzene rings is 2. The van der Waals surface area contributed by atoms with E-state index in [-0.39, 0.29) is 25.1 Å². The maximum atomic E-state index is 13.1. The molecule has 2 aromatic carbocycles. The molecule has 31 heavy (non-hydrogen) atoms. The van der Waals surface area contributed by atoms with Gasteiger partial charge in [0.2, 0.25) is 5.91 Å². The highest BCUT2D eigenvalue weighted by Gasteiger charge is 2.30. The SMILES string of the molecule is CC[C@@H](C)NC(=O)[C@@H](CC)N(Cc1c(Cl)cccc1Cl)C(=O)COc1ccc(F)cc1. The number of ether oxygens (including phenoxy) is 1. The molecule has 0 bridgehead atoms. The van der Waals surface area contributed by atoms with Crippen LogP contribution in [0.1, 0.15) is 39.2 Å². The van der Waals surface area contributed by atoms with Gasteiger partial charge < -0.3 is 15.0 Å². The van der Waals surface area contributed by atoms with Crippen LogP contribution in [0.5, 0.6) is 5.75 Å². The summed E-state index contributed by atoms with van der Waals surface area (Å²) >= 11 is 12.6. The van der Waals surface area contributed by atoms with Crippen molar-refractivity contribution in [2.75, 3.05) is 6.61 Å². The first-order valence-corrected chi connectivity index (χ1v) is 10.9. The number of amides is 2. The molecule has 0 aliphatic rings. The van der Waals surface area contributed by atoms with Gasteiger partial charge in [0.25, 0.3) is 5.91 Å². The molecule has 0 saturated heterocycles. The van der Waals surface area contributed by atoms with Gasteiger partial charge in [-0.1, -0.05) is 43.1 Å². The molecule has 0 spiro atoms. The van der Waals surface area contributed by atoms with E-state index in [9.17, 15) is 14.0 Å². The summed E-state index contributed by atoms with van der Waals surface area (Å²) in [5, 5.41) is 3.74. The first-order chi connectivity index (χ1) is 14.8. The summed E-state index contributed by atoms with van der Waals surface area (Å²) in [7, 11) is 0. The lowest BCUT2D eigenvalue weighted by molar-refractivity contribution is -0.143. The van der Waals surface area contributed by atoms with Gasteiger partial charge in [0.05, 0.1) is 0 Å². The quantitative estimate of drug-likeness (QED) is 0.518. The van der Waals surface area contributed by atoms with Crippen molar-refractivity contribution in [3.05, 3.63) is 63.9 Å². The van der Waals surface area contributed by atoms with Crippen LogP contribution in [0.3, 0.4) is 0 Å². The molecule has 0 aromatic heterocycles. The lowest BCUT2D eigenvalue weighted by atomic mass is 10.1. The van der Waals surface area contributed by atoms with Crippen molar-refractivity contribution in [1.82, 2.24) is 10.2 Å². The zero-order valence-corrected chi connectivity index (χ0v) is 19.3. The largest absolute Gasteiger partial charge is 0.484 e. The summed E-state index contributed by atoms with van der Waals surface area (Å²) in [5.74, 6) is -0.717. The Morgan fingerprint density at radius 1 is 1.06 bits per heavy atom. The first kappa shape index (κ1) is 25.0. The number of nitrogens with one attached hydrogen (secondary N) is 1. The van der Waals surface area contributed by atoms with Crippen molar-refractivity contribution in [2.45, 2.75) is 52.2 Å². The highest BCUT2D eigenvalue weighted by atomic mass is 35.5. The second kappa shape index (κ2) is 11.9. The van der Waals surface area contributed by atoms with Crippen LogP contribution in [0.15, 0.2) is 42.5 Å². The average Bonchev–Trinajstić information content (AvgIpc) is 2.74. The molecule has 5 nitrogen and oxygen atoms in total. The number of hydrogen-bond donors (Lipinski definition) is 1. The van der Waals surface area contributed by atoms with E-state index in [2.05, 4.69) is 5.32 Å². The lowest BCUT2D eigenvalue weighted by Crippen LogP contribution is -2.51. The molecule has 2 amide bonds. The Kier molecular flexibility index (Phi) is 9.59. The molecule has 0 aliphatic carbocycles. The topological polar surface area (TPSA) is 58.6 Å². The fourth-order valence-electron chi connectivity index (χ4n) is 2.97. The Morgan fingerprint density at radius 3 is 2.23 bits per heavy atom. The van der Waals surface area contributed by atoms with Gasteiger partial charge >= 0.3 is 0 Å². The summed E-state index contributed by atoms with van der Waals surface area (Å²) in [6.07, 6.45) is 1.16. The fraction of sp³-hybridized carbons (Fsp3) is 0.391. The molecule has 8 heteroatoms. The van der Waals surface area contributed by atoms with Crippen LogP contribution in [-0.4, -0.2) is 35.4 Å². The van der Waals surface area contributed by atoms with Crippen LogP contribution >= 0.6 is 23.2 Å². The zero-order chi connectivity index (χ0) is 23.0. The Balaban J connectivity index is 2.27. The van der Waals surface area contributed by atoms with Crippen molar-refractivity contribution in [3.63, 3.8) is 0 Å². The van der Waals surface area contributed by atoms with E-state index in [0.29, 0.717) is 27.8 Å². The van der Waals surface area contributed by atoms with Crippen LogP contribution in [-0.2, 0) is 16.1 Å². The van der Waals surface area contributed by atoms with Crippen LogP contribution in [0, 0.1) is 5.82 Å². The number of nitrogens with zero attached hydrogens (tertiary/aromatic N) is 1. The minimum atomic E-state index is -0.731. The molecule has 2 rings (SSSR count). The molecule has 0 unspecified atom stereocenters. The van der Waals surface area contributed by atoms with Gasteiger partial charge in [0, 0.05) is 28.2 Å². The summed E-state index contributed by atoms with van der Waals surface area (Å²) < 4.78 is 18.6. The third-order valence-corrected chi connectivity index (χ3v) is 5.66. The molecular formula is C23H27Cl2FN2O3. The van der Waals surface area contributed by atoms with Crippen molar-refractivity contribution < 1.29 is 18.7 Å². The van der Waals surface area contributed by atoms with E-state index in [1.54, 1.807) is 18.2 Å². The Hall–Kier alpha value is -2.31. The Morgan fingerprint density at radius 2 is 1.68 bits per heavy atom. The van der Waals surface area contributed by atoms with Gasteiger partial charge in [-0.2, -0.15) is 0 Å². The number of hydrogen-bond acceptors (Lipinski definition) is 3.